The molecule has 0 atom stereocenters. The van der Waals surface area contributed by atoms with Gasteiger partial charge in [-0.3, -0.25) is 4.79 Å². The van der Waals surface area contributed by atoms with Gasteiger partial charge in [-0.05, 0) is 37.5 Å². The topological polar surface area (TPSA) is 74.3 Å². The lowest BCUT2D eigenvalue weighted by Gasteiger charge is -2.21. The summed E-state index contributed by atoms with van der Waals surface area (Å²) in [5.74, 6) is -0.166. The minimum absolute atomic E-state index is 0.162. The van der Waals surface area contributed by atoms with Gasteiger partial charge in [0.05, 0.1) is 6.54 Å². The van der Waals surface area contributed by atoms with Crippen molar-refractivity contribution in [3.8, 4) is 0 Å². The molecule has 1 heterocycles. The van der Waals surface area contributed by atoms with Gasteiger partial charge in [-0.1, -0.05) is 26.0 Å². The molecule has 7 heteroatoms. The second-order valence-electron chi connectivity index (χ2n) is 6.10. The maximum Gasteiger partial charge on any atom is 0.322 e. The van der Waals surface area contributed by atoms with E-state index >= 15 is 0 Å². The Labute approximate surface area is 158 Å². The fourth-order valence-corrected chi connectivity index (χ4v) is 3.22. The molecule has 0 saturated carbocycles. The Bertz CT molecular complexity index is 745. The van der Waals surface area contributed by atoms with Crippen LogP contribution in [0.2, 0.25) is 0 Å². The number of aryl methyl sites for hydroxylation is 1. The van der Waals surface area contributed by atoms with Crippen molar-refractivity contribution in [3.63, 3.8) is 0 Å². The third-order valence-corrected chi connectivity index (χ3v) is 4.53. The van der Waals surface area contributed by atoms with Crippen LogP contribution in [0.3, 0.4) is 0 Å². The van der Waals surface area contributed by atoms with E-state index in [1.807, 2.05) is 45.0 Å². The molecule has 0 saturated heterocycles. The van der Waals surface area contributed by atoms with E-state index in [0.717, 1.165) is 29.1 Å². The number of urea groups is 1. The first kappa shape index (κ1) is 19.9. The fourth-order valence-electron chi connectivity index (χ4n) is 2.43. The first-order valence-corrected chi connectivity index (χ1v) is 9.76. The zero-order chi connectivity index (χ0) is 18.9. The number of benzene rings is 1. The molecule has 2 rings (SSSR count). The normalized spacial score (nSPS) is 10.4. The van der Waals surface area contributed by atoms with Crippen LogP contribution in [-0.2, 0) is 6.54 Å². The summed E-state index contributed by atoms with van der Waals surface area (Å²) < 4.78 is 0. The van der Waals surface area contributed by atoms with Crippen LogP contribution in [0.5, 0.6) is 0 Å². The monoisotopic (exact) mass is 374 g/mol. The lowest BCUT2D eigenvalue weighted by atomic mass is 10.2. The van der Waals surface area contributed by atoms with Crippen molar-refractivity contribution < 1.29 is 9.59 Å². The minimum atomic E-state index is -0.166. The Morgan fingerprint density at radius 2 is 2.04 bits per heavy atom. The Balaban J connectivity index is 2.02. The van der Waals surface area contributed by atoms with Crippen LogP contribution in [0.1, 0.15) is 47.7 Å². The lowest BCUT2D eigenvalue weighted by molar-refractivity contribution is 0.0949. The SMILES string of the molecule is CCCNC(=O)c1csc(CN(CCC)C(=O)Nc2cccc(C)c2)n1. The molecule has 3 amide bonds. The number of aromatic nitrogens is 1. The van der Waals surface area contributed by atoms with Crippen LogP contribution < -0.4 is 10.6 Å². The van der Waals surface area contributed by atoms with Crippen molar-refractivity contribution in [2.75, 3.05) is 18.4 Å². The summed E-state index contributed by atoms with van der Waals surface area (Å²) in [6.45, 7) is 7.65. The molecule has 0 radical (unpaired) electrons. The van der Waals surface area contributed by atoms with Gasteiger partial charge in [0.25, 0.3) is 5.91 Å². The molecule has 0 bridgehead atoms. The Morgan fingerprint density at radius 3 is 2.73 bits per heavy atom. The molecule has 0 aliphatic carbocycles. The number of hydrogen-bond acceptors (Lipinski definition) is 4. The van der Waals surface area contributed by atoms with Crippen molar-refractivity contribution in [1.29, 1.82) is 0 Å². The Morgan fingerprint density at radius 1 is 1.23 bits per heavy atom. The third kappa shape index (κ3) is 5.84. The van der Waals surface area contributed by atoms with E-state index in [1.165, 1.54) is 11.3 Å². The number of carbonyl (C=O) groups is 2. The van der Waals surface area contributed by atoms with Gasteiger partial charge >= 0.3 is 6.03 Å². The fraction of sp³-hybridized carbons (Fsp3) is 0.421. The number of thiazole rings is 1. The number of nitrogens with one attached hydrogen (secondary N) is 2. The van der Waals surface area contributed by atoms with E-state index in [4.69, 9.17) is 0 Å². The molecule has 26 heavy (non-hydrogen) atoms. The first-order valence-electron chi connectivity index (χ1n) is 8.88. The number of nitrogens with zero attached hydrogens (tertiary/aromatic N) is 2. The summed E-state index contributed by atoms with van der Waals surface area (Å²) in [5, 5.41) is 8.23. The van der Waals surface area contributed by atoms with Gasteiger partial charge in [0.15, 0.2) is 0 Å². The van der Waals surface area contributed by atoms with E-state index in [9.17, 15) is 9.59 Å². The van der Waals surface area contributed by atoms with E-state index in [1.54, 1.807) is 10.3 Å². The molecular formula is C19H26N4O2S. The lowest BCUT2D eigenvalue weighted by Crippen LogP contribution is -2.35. The largest absolute Gasteiger partial charge is 0.351 e. The molecule has 1 aromatic heterocycles. The summed E-state index contributed by atoms with van der Waals surface area (Å²) in [7, 11) is 0. The quantitative estimate of drug-likeness (QED) is 0.732. The van der Waals surface area contributed by atoms with Gasteiger partial charge in [-0.25, -0.2) is 9.78 Å². The van der Waals surface area contributed by atoms with Crippen LogP contribution in [0.25, 0.3) is 0 Å². The molecule has 0 unspecified atom stereocenters. The zero-order valence-corrected chi connectivity index (χ0v) is 16.4. The number of amides is 3. The molecule has 0 spiro atoms. The number of anilines is 1. The second kappa shape index (κ2) is 9.91. The second-order valence-corrected chi connectivity index (χ2v) is 7.05. The smallest absolute Gasteiger partial charge is 0.322 e. The zero-order valence-electron chi connectivity index (χ0n) is 15.5. The molecule has 0 aliphatic rings. The van der Waals surface area contributed by atoms with Gasteiger partial charge in [0, 0.05) is 24.2 Å². The molecule has 6 nitrogen and oxygen atoms in total. The van der Waals surface area contributed by atoms with Crippen molar-refractivity contribution in [2.24, 2.45) is 0 Å². The Kier molecular flexibility index (Phi) is 7.59. The van der Waals surface area contributed by atoms with Crippen LogP contribution in [-0.4, -0.2) is 34.9 Å². The van der Waals surface area contributed by atoms with Crippen molar-refractivity contribution in [2.45, 2.75) is 40.2 Å². The summed E-state index contributed by atoms with van der Waals surface area (Å²) in [6.07, 6.45) is 1.72. The molecule has 140 valence electrons. The predicted octanol–water partition coefficient (Wildman–Crippen LogP) is 4.04. The number of carbonyl (C=O) groups excluding carboxylic acids is 2. The molecule has 0 aliphatic heterocycles. The van der Waals surface area contributed by atoms with E-state index in [0.29, 0.717) is 25.3 Å². The first-order chi connectivity index (χ1) is 12.5. The van der Waals surface area contributed by atoms with Crippen LogP contribution in [0.15, 0.2) is 29.6 Å². The standard InChI is InChI=1S/C19H26N4O2S/c1-4-9-20-18(24)16-13-26-17(22-16)12-23(10-5-2)19(25)21-15-8-6-7-14(3)11-15/h6-8,11,13H,4-5,9-10,12H2,1-3H3,(H,20,24)(H,21,25). The maximum atomic E-state index is 12.6. The van der Waals surface area contributed by atoms with Gasteiger partial charge in [-0.15, -0.1) is 11.3 Å². The van der Waals surface area contributed by atoms with Gasteiger partial charge < -0.3 is 15.5 Å². The van der Waals surface area contributed by atoms with Crippen LogP contribution in [0, 0.1) is 6.92 Å². The van der Waals surface area contributed by atoms with E-state index < -0.39 is 0 Å². The molecule has 2 N–H and O–H groups in total. The highest BCUT2D eigenvalue weighted by atomic mass is 32.1. The highest BCUT2D eigenvalue weighted by Crippen LogP contribution is 2.15. The summed E-state index contributed by atoms with van der Waals surface area (Å²) >= 11 is 1.40. The van der Waals surface area contributed by atoms with Gasteiger partial charge in [0.1, 0.15) is 10.7 Å². The summed E-state index contributed by atoms with van der Waals surface area (Å²) in [6, 6.07) is 7.54. The molecule has 2 aromatic rings. The number of hydrogen-bond donors (Lipinski definition) is 2. The van der Waals surface area contributed by atoms with Crippen molar-refractivity contribution in [3.05, 3.63) is 45.9 Å². The van der Waals surface area contributed by atoms with Crippen molar-refractivity contribution in [1.82, 2.24) is 15.2 Å². The molecule has 0 fully saturated rings. The van der Waals surface area contributed by atoms with Gasteiger partial charge in [-0.2, -0.15) is 0 Å². The maximum absolute atomic E-state index is 12.6. The highest BCUT2D eigenvalue weighted by Gasteiger charge is 2.17. The highest BCUT2D eigenvalue weighted by molar-refractivity contribution is 7.09. The molecular weight excluding hydrogens is 348 g/mol. The average Bonchev–Trinajstić information content (AvgIpc) is 3.08. The summed E-state index contributed by atoms with van der Waals surface area (Å²) in [5.41, 5.74) is 2.27. The van der Waals surface area contributed by atoms with Crippen LogP contribution in [0.4, 0.5) is 10.5 Å². The third-order valence-electron chi connectivity index (χ3n) is 3.70. The van der Waals surface area contributed by atoms with Crippen molar-refractivity contribution >= 4 is 29.0 Å². The minimum Gasteiger partial charge on any atom is -0.351 e. The summed E-state index contributed by atoms with van der Waals surface area (Å²) in [4.78, 5) is 30.7. The van der Waals surface area contributed by atoms with Gasteiger partial charge in [0.2, 0.25) is 0 Å². The molecule has 1 aromatic carbocycles. The van der Waals surface area contributed by atoms with E-state index in [2.05, 4.69) is 15.6 Å². The number of rotatable bonds is 8. The Hall–Kier alpha value is -2.41. The van der Waals surface area contributed by atoms with Crippen LogP contribution >= 0.6 is 11.3 Å². The predicted molar refractivity (Wildman–Crippen MR) is 106 cm³/mol. The van der Waals surface area contributed by atoms with E-state index in [-0.39, 0.29) is 11.9 Å². The average molecular weight is 375 g/mol.